The van der Waals surface area contributed by atoms with Crippen LogP contribution in [0.25, 0.3) is 10.8 Å². The molecule has 2 aromatic rings. The molecule has 4 rings (SSSR count). The molecule has 9 atom stereocenters. The summed E-state index contributed by atoms with van der Waals surface area (Å²) in [4.78, 5) is 0. The first-order chi connectivity index (χ1) is 15.3. The fourth-order valence-electron chi connectivity index (χ4n) is 3.76. The van der Waals surface area contributed by atoms with Crippen molar-refractivity contribution in [3.05, 3.63) is 36.4 Å². The fraction of sp³-hybridized carbons (Fsp3) is 0.524. The summed E-state index contributed by atoms with van der Waals surface area (Å²) in [7, 11) is 0. The maximum atomic E-state index is 10.5. The van der Waals surface area contributed by atoms with Gasteiger partial charge in [0.05, 0.1) is 13.2 Å². The maximum Gasteiger partial charge on any atom is 0.228 e. The number of phenols is 1. The first-order valence-corrected chi connectivity index (χ1v) is 10.1. The molecule has 3 unspecified atom stereocenters. The van der Waals surface area contributed by atoms with Crippen LogP contribution in [0.4, 0.5) is 0 Å². The molecule has 0 amide bonds. The van der Waals surface area contributed by atoms with Gasteiger partial charge in [-0.05, 0) is 35.0 Å². The molecule has 0 saturated carbocycles. The number of rotatable bonds is 5. The Morgan fingerprint density at radius 3 is 2.25 bits per heavy atom. The lowest BCUT2D eigenvalue weighted by molar-refractivity contribution is -0.338. The first kappa shape index (κ1) is 23.1. The van der Waals surface area contributed by atoms with Gasteiger partial charge in [0.25, 0.3) is 0 Å². The number of aliphatic hydroxyl groups excluding tert-OH is 6. The highest BCUT2D eigenvalue weighted by Crippen LogP contribution is 2.29. The van der Waals surface area contributed by atoms with E-state index < -0.39 is 61.9 Å². The summed E-state index contributed by atoms with van der Waals surface area (Å²) in [5.41, 5.74) is 0. The molecule has 0 spiro atoms. The van der Waals surface area contributed by atoms with Gasteiger partial charge in [-0.1, -0.05) is 12.1 Å². The third-order valence-electron chi connectivity index (χ3n) is 5.64. The molecule has 7 N–H and O–H groups in total. The van der Waals surface area contributed by atoms with Gasteiger partial charge >= 0.3 is 0 Å². The second-order valence-corrected chi connectivity index (χ2v) is 7.87. The SMILES string of the molecule is OCC1O[C@@H](O[C@@H]2CO[C@@H](Oc3ccc4cc(O)ccc4c3)C(O)[C@H]2O)C(O)[C@@H](O)[C@H]1O. The van der Waals surface area contributed by atoms with Gasteiger partial charge in [-0.15, -0.1) is 0 Å². The summed E-state index contributed by atoms with van der Waals surface area (Å²) >= 11 is 0. The second kappa shape index (κ2) is 9.43. The van der Waals surface area contributed by atoms with Gasteiger partial charge in [0, 0.05) is 0 Å². The molecule has 0 radical (unpaired) electrons. The van der Waals surface area contributed by atoms with Gasteiger partial charge in [-0.2, -0.15) is 0 Å². The van der Waals surface area contributed by atoms with Crippen molar-refractivity contribution in [1.29, 1.82) is 0 Å². The minimum atomic E-state index is -1.65. The molecule has 2 aliphatic rings. The molecule has 2 fully saturated rings. The number of benzene rings is 2. The summed E-state index contributed by atoms with van der Waals surface area (Å²) in [6.07, 6.45) is -12.8. The number of ether oxygens (including phenoxy) is 4. The predicted octanol–water partition coefficient (Wildman–Crippen LogP) is -1.81. The van der Waals surface area contributed by atoms with E-state index in [-0.39, 0.29) is 12.4 Å². The molecule has 11 heteroatoms. The number of hydrogen-bond acceptors (Lipinski definition) is 11. The third-order valence-corrected chi connectivity index (χ3v) is 5.64. The monoisotopic (exact) mass is 454 g/mol. The van der Waals surface area contributed by atoms with Crippen LogP contribution in [0, 0.1) is 0 Å². The van der Waals surface area contributed by atoms with Gasteiger partial charge in [-0.25, -0.2) is 0 Å². The quantitative estimate of drug-likeness (QED) is 0.271. The largest absolute Gasteiger partial charge is 0.508 e. The summed E-state index contributed by atoms with van der Waals surface area (Å²) < 4.78 is 21.9. The summed E-state index contributed by atoms with van der Waals surface area (Å²) in [6.45, 7) is -0.863. The van der Waals surface area contributed by atoms with E-state index in [1.165, 1.54) is 6.07 Å². The number of hydrogen-bond donors (Lipinski definition) is 7. The maximum absolute atomic E-state index is 10.5. The minimum Gasteiger partial charge on any atom is -0.508 e. The van der Waals surface area contributed by atoms with Crippen molar-refractivity contribution in [2.45, 2.75) is 55.3 Å². The highest BCUT2D eigenvalue weighted by Gasteiger charge is 2.48. The third kappa shape index (κ3) is 4.53. The zero-order valence-corrected chi connectivity index (χ0v) is 16.8. The number of aromatic hydroxyl groups is 1. The molecule has 2 aliphatic heterocycles. The van der Waals surface area contributed by atoms with Crippen LogP contribution >= 0.6 is 0 Å². The zero-order chi connectivity index (χ0) is 23.0. The second-order valence-electron chi connectivity index (χ2n) is 7.87. The van der Waals surface area contributed by atoms with Crippen LogP contribution in [0.3, 0.4) is 0 Å². The molecule has 2 saturated heterocycles. The van der Waals surface area contributed by atoms with Crippen molar-refractivity contribution in [1.82, 2.24) is 0 Å². The van der Waals surface area contributed by atoms with E-state index in [0.29, 0.717) is 5.75 Å². The predicted molar refractivity (Wildman–Crippen MR) is 107 cm³/mol. The topological polar surface area (TPSA) is 179 Å². The number of fused-ring (bicyclic) bond motifs is 1. The molecule has 176 valence electrons. The van der Waals surface area contributed by atoms with Crippen LogP contribution in [0.15, 0.2) is 36.4 Å². The van der Waals surface area contributed by atoms with Crippen molar-refractivity contribution < 1.29 is 54.7 Å². The number of aliphatic hydroxyl groups is 6. The van der Waals surface area contributed by atoms with Crippen molar-refractivity contribution in [2.75, 3.05) is 13.2 Å². The van der Waals surface area contributed by atoms with E-state index in [2.05, 4.69) is 0 Å². The van der Waals surface area contributed by atoms with Crippen LogP contribution in [-0.2, 0) is 14.2 Å². The average molecular weight is 454 g/mol. The van der Waals surface area contributed by atoms with E-state index in [9.17, 15) is 35.7 Å². The van der Waals surface area contributed by atoms with Gasteiger partial charge in [-0.3, -0.25) is 0 Å². The Kier molecular flexibility index (Phi) is 6.81. The van der Waals surface area contributed by atoms with Gasteiger partial charge in [0.1, 0.15) is 54.2 Å². The molecule has 11 nitrogen and oxygen atoms in total. The van der Waals surface area contributed by atoms with Gasteiger partial charge in [0.2, 0.25) is 6.29 Å². The van der Waals surface area contributed by atoms with Crippen LogP contribution in [-0.4, -0.2) is 104 Å². The minimum absolute atomic E-state index is 0.130. The molecule has 0 aromatic heterocycles. The van der Waals surface area contributed by atoms with Crippen molar-refractivity contribution in [3.63, 3.8) is 0 Å². The Morgan fingerprint density at radius 2 is 1.50 bits per heavy atom. The normalized spacial score (nSPS) is 38.0. The highest BCUT2D eigenvalue weighted by atomic mass is 16.7. The Bertz CT molecular complexity index is 922. The van der Waals surface area contributed by atoms with E-state index >= 15 is 0 Å². The zero-order valence-electron chi connectivity index (χ0n) is 16.8. The van der Waals surface area contributed by atoms with E-state index in [0.717, 1.165) is 10.8 Å². The fourth-order valence-corrected chi connectivity index (χ4v) is 3.76. The van der Waals surface area contributed by atoms with E-state index in [4.69, 9.17) is 18.9 Å². The molecular weight excluding hydrogens is 428 g/mol. The molecule has 32 heavy (non-hydrogen) atoms. The lowest BCUT2D eigenvalue weighted by Crippen LogP contribution is -2.62. The Hall–Kier alpha value is -2.06. The molecular formula is C21H26O11. The molecule has 0 bridgehead atoms. The van der Waals surface area contributed by atoms with Crippen molar-refractivity contribution in [3.8, 4) is 11.5 Å². The van der Waals surface area contributed by atoms with Gasteiger partial charge in [0.15, 0.2) is 6.29 Å². The van der Waals surface area contributed by atoms with Crippen LogP contribution in [0.5, 0.6) is 11.5 Å². The Morgan fingerprint density at radius 1 is 0.812 bits per heavy atom. The van der Waals surface area contributed by atoms with E-state index in [1.807, 2.05) is 0 Å². The summed E-state index contributed by atoms with van der Waals surface area (Å²) in [5.74, 6) is 0.499. The molecule has 0 aliphatic carbocycles. The Labute approximate surface area is 182 Å². The summed E-state index contributed by atoms with van der Waals surface area (Å²) in [6, 6.07) is 9.86. The molecule has 2 heterocycles. The van der Waals surface area contributed by atoms with Crippen LogP contribution < -0.4 is 4.74 Å². The highest BCUT2D eigenvalue weighted by molar-refractivity contribution is 5.85. The van der Waals surface area contributed by atoms with Crippen LogP contribution in [0.2, 0.25) is 0 Å². The Balaban J connectivity index is 1.39. The van der Waals surface area contributed by atoms with Gasteiger partial charge < -0.3 is 54.7 Å². The average Bonchev–Trinajstić information content (AvgIpc) is 2.79. The van der Waals surface area contributed by atoms with Crippen molar-refractivity contribution in [2.24, 2.45) is 0 Å². The lowest BCUT2D eigenvalue weighted by atomic mass is 9.99. The van der Waals surface area contributed by atoms with Crippen LogP contribution in [0.1, 0.15) is 0 Å². The standard InChI is InChI=1S/C21H26O11/c22-7-13-15(24)17(26)19(28)21(31-13)32-14-8-29-20(18(27)16(14)25)30-12-4-2-9-5-11(23)3-1-10(9)6-12/h1-6,13-28H,7-8H2/t13?,14-,15+,16+,17+,18?,19?,20+,21+/m1/s1. The number of phenolic OH excluding ortho intramolecular Hbond substituents is 1. The first-order valence-electron chi connectivity index (χ1n) is 10.1. The van der Waals surface area contributed by atoms with E-state index in [1.54, 1.807) is 30.3 Å². The smallest absolute Gasteiger partial charge is 0.228 e. The molecule has 2 aromatic carbocycles. The van der Waals surface area contributed by atoms with Crippen molar-refractivity contribution >= 4 is 10.8 Å². The summed E-state index contributed by atoms with van der Waals surface area (Å²) in [5, 5.41) is 71.1. The lowest BCUT2D eigenvalue weighted by Gasteiger charge is -2.43.